The lowest BCUT2D eigenvalue weighted by atomic mass is 10.0. The van der Waals surface area contributed by atoms with Crippen molar-refractivity contribution in [1.82, 2.24) is 4.90 Å². The average Bonchev–Trinajstić information content (AvgIpc) is 3.07. The molecule has 0 bridgehead atoms. The maximum Gasteiger partial charge on any atom is 0.337 e. The van der Waals surface area contributed by atoms with Gasteiger partial charge in [-0.2, -0.15) is 5.11 Å². The fourth-order valence-electron chi connectivity index (χ4n) is 3.38. The molecule has 2 atom stereocenters. The van der Waals surface area contributed by atoms with Gasteiger partial charge in [-0.3, -0.25) is 4.90 Å². The van der Waals surface area contributed by atoms with E-state index in [9.17, 15) is 4.79 Å². The zero-order valence-corrected chi connectivity index (χ0v) is 15.1. The SMILES string of the molecule is Cc1cc(N2N=N[C@@H](c3ccc(Cl)cc3)[C@@H]2N2CCOCC2)cc(=O)o1. The molecule has 0 saturated carbocycles. The summed E-state index contributed by atoms with van der Waals surface area (Å²) in [6.07, 6.45) is -0.138. The van der Waals surface area contributed by atoms with Crippen molar-refractivity contribution in [3.63, 3.8) is 0 Å². The van der Waals surface area contributed by atoms with Crippen LogP contribution in [0.2, 0.25) is 5.02 Å². The summed E-state index contributed by atoms with van der Waals surface area (Å²) in [6.45, 7) is 4.62. The molecule has 1 fully saturated rings. The number of hydrogen-bond donors (Lipinski definition) is 0. The number of ether oxygens (including phenoxy) is 1. The minimum atomic E-state index is -0.397. The van der Waals surface area contributed by atoms with E-state index in [2.05, 4.69) is 15.2 Å². The molecule has 0 unspecified atom stereocenters. The van der Waals surface area contributed by atoms with E-state index in [4.69, 9.17) is 20.8 Å². The normalized spacial score (nSPS) is 23.5. The maximum absolute atomic E-state index is 11.8. The number of halogens is 1. The Labute approximate surface area is 155 Å². The van der Waals surface area contributed by atoms with Gasteiger partial charge in [-0.05, 0) is 24.6 Å². The number of anilines is 1. The highest BCUT2D eigenvalue weighted by Gasteiger charge is 2.40. The maximum atomic E-state index is 11.8. The molecule has 1 aromatic carbocycles. The van der Waals surface area contributed by atoms with Gasteiger partial charge in [-0.15, -0.1) is 0 Å². The number of nitrogens with zero attached hydrogens (tertiary/aromatic N) is 4. The molecule has 136 valence electrons. The van der Waals surface area contributed by atoms with Gasteiger partial charge in [0.1, 0.15) is 18.0 Å². The lowest BCUT2D eigenvalue weighted by molar-refractivity contribution is 0.0140. The minimum Gasteiger partial charge on any atom is -0.428 e. The van der Waals surface area contributed by atoms with E-state index in [-0.39, 0.29) is 12.2 Å². The van der Waals surface area contributed by atoms with E-state index in [1.54, 1.807) is 18.0 Å². The fraction of sp³-hybridized carbons (Fsp3) is 0.389. The van der Waals surface area contributed by atoms with Gasteiger partial charge in [0, 0.05) is 30.2 Å². The third kappa shape index (κ3) is 3.38. The largest absolute Gasteiger partial charge is 0.428 e. The topological polar surface area (TPSA) is 70.6 Å². The summed E-state index contributed by atoms with van der Waals surface area (Å²) in [5.41, 5.74) is 1.30. The quantitative estimate of drug-likeness (QED) is 0.825. The molecule has 0 amide bonds. The van der Waals surface area contributed by atoms with Crippen molar-refractivity contribution < 1.29 is 9.15 Å². The summed E-state index contributed by atoms with van der Waals surface area (Å²) >= 11 is 6.03. The van der Waals surface area contributed by atoms with Crippen LogP contribution in [-0.4, -0.2) is 37.4 Å². The molecule has 1 aromatic heterocycles. The molecule has 4 rings (SSSR count). The summed E-state index contributed by atoms with van der Waals surface area (Å²) < 4.78 is 10.6. The van der Waals surface area contributed by atoms with Crippen molar-refractivity contribution >= 4 is 17.3 Å². The third-order valence-corrected chi connectivity index (χ3v) is 4.83. The first-order valence-electron chi connectivity index (χ1n) is 8.51. The summed E-state index contributed by atoms with van der Waals surface area (Å²) in [4.78, 5) is 14.1. The van der Waals surface area contributed by atoms with E-state index in [1.165, 1.54) is 6.07 Å². The summed E-state index contributed by atoms with van der Waals surface area (Å²) in [6, 6.07) is 10.7. The zero-order valence-electron chi connectivity index (χ0n) is 14.3. The van der Waals surface area contributed by atoms with Crippen LogP contribution in [0.15, 0.2) is 55.9 Å². The molecule has 0 N–H and O–H groups in total. The number of rotatable bonds is 3. The molecule has 0 radical (unpaired) electrons. The van der Waals surface area contributed by atoms with Gasteiger partial charge in [0.05, 0.1) is 18.9 Å². The number of hydrogen-bond acceptors (Lipinski definition) is 7. The van der Waals surface area contributed by atoms with Gasteiger partial charge in [0.2, 0.25) is 0 Å². The number of aryl methyl sites for hydroxylation is 1. The molecule has 2 aromatic rings. The van der Waals surface area contributed by atoms with E-state index in [0.29, 0.717) is 29.7 Å². The van der Waals surface area contributed by atoms with Gasteiger partial charge >= 0.3 is 5.63 Å². The Bertz CT molecular complexity index is 861. The van der Waals surface area contributed by atoms with E-state index in [1.807, 2.05) is 24.3 Å². The standard InChI is InChI=1S/C18H19ClN4O3/c1-12-10-15(11-16(24)26-12)23-18(22-6-8-25-9-7-22)17(20-21-23)13-2-4-14(19)5-3-13/h2-5,10-11,17-18H,6-9H2,1H3/t17-,18+/m0/s1. The van der Waals surface area contributed by atoms with Gasteiger partial charge in [0.15, 0.2) is 0 Å². The average molecular weight is 375 g/mol. The molecular weight excluding hydrogens is 356 g/mol. The Morgan fingerprint density at radius 3 is 2.58 bits per heavy atom. The van der Waals surface area contributed by atoms with Crippen LogP contribution in [0.25, 0.3) is 0 Å². The van der Waals surface area contributed by atoms with Gasteiger partial charge < -0.3 is 9.15 Å². The lowest BCUT2D eigenvalue weighted by Gasteiger charge is -2.38. The van der Waals surface area contributed by atoms with Crippen molar-refractivity contribution in [1.29, 1.82) is 0 Å². The smallest absolute Gasteiger partial charge is 0.337 e. The second-order valence-electron chi connectivity index (χ2n) is 6.35. The van der Waals surface area contributed by atoms with Crippen molar-refractivity contribution in [3.8, 4) is 0 Å². The van der Waals surface area contributed by atoms with Crippen LogP contribution in [0.4, 0.5) is 5.69 Å². The second-order valence-corrected chi connectivity index (χ2v) is 6.79. The molecular formula is C18H19ClN4O3. The van der Waals surface area contributed by atoms with Gasteiger partial charge in [0.25, 0.3) is 0 Å². The van der Waals surface area contributed by atoms with Gasteiger partial charge in [-0.1, -0.05) is 29.0 Å². The highest BCUT2D eigenvalue weighted by atomic mass is 35.5. The van der Waals surface area contributed by atoms with Crippen molar-refractivity contribution in [3.05, 3.63) is 63.2 Å². The van der Waals surface area contributed by atoms with Crippen LogP contribution in [0.1, 0.15) is 17.4 Å². The van der Waals surface area contributed by atoms with E-state index < -0.39 is 5.63 Å². The highest BCUT2D eigenvalue weighted by Crippen LogP contribution is 2.37. The molecule has 0 aliphatic carbocycles. The fourth-order valence-corrected chi connectivity index (χ4v) is 3.50. The summed E-state index contributed by atoms with van der Waals surface area (Å²) in [7, 11) is 0. The molecule has 2 aliphatic heterocycles. The first-order valence-corrected chi connectivity index (χ1v) is 8.89. The van der Waals surface area contributed by atoms with Crippen LogP contribution in [0.5, 0.6) is 0 Å². The minimum absolute atomic E-state index is 0.138. The molecule has 7 nitrogen and oxygen atoms in total. The Balaban J connectivity index is 1.72. The monoisotopic (exact) mass is 374 g/mol. The van der Waals surface area contributed by atoms with Crippen LogP contribution in [0.3, 0.4) is 0 Å². The van der Waals surface area contributed by atoms with Crippen LogP contribution in [0, 0.1) is 6.92 Å². The lowest BCUT2D eigenvalue weighted by Crippen LogP contribution is -2.51. The summed E-state index contributed by atoms with van der Waals surface area (Å²) in [5, 5.41) is 11.4. The van der Waals surface area contributed by atoms with Crippen molar-refractivity contribution in [2.75, 3.05) is 31.3 Å². The molecule has 8 heteroatoms. The second kappa shape index (κ2) is 7.19. The number of morpholine rings is 1. The first-order chi connectivity index (χ1) is 12.6. The predicted molar refractivity (Wildman–Crippen MR) is 97.4 cm³/mol. The van der Waals surface area contributed by atoms with Gasteiger partial charge in [-0.25, -0.2) is 9.80 Å². The third-order valence-electron chi connectivity index (χ3n) is 4.58. The van der Waals surface area contributed by atoms with Crippen LogP contribution < -0.4 is 10.6 Å². The predicted octanol–water partition coefficient (Wildman–Crippen LogP) is 3.19. The first kappa shape index (κ1) is 17.2. The molecule has 2 aliphatic rings. The van der Waals surface area contributed by atoms with E-state index in [0.717, 1.165) is 18.7 Å². The molecule has 0 spiro atoms. The molecule has 26 heavy (non-hydrogen) atoms. The highest BCUT2D eigenvalue weighted by molar-refractivity contribution is 6.30. The molecule has 1 saturated heterocycles. The zero-order chi connectivity index (χ0) is 18.1. The Morgan fingerprint density at radius 2 is 1.88 bits per heavy atom. The molecule has 3 heterocycles. The Morgan fingerprint density at radius 1 is 1.15 bits per heavy atom. The van der Waals surface area contributed by atoms with Crippen LogP contribution >= 0.6 is 11.6 Å². The van der Waals surface area contributed by atoms with Crippen LogP contribution in [-0.2, 0) is 4.74 Å². The van der Waals surface area contributed by atoms with Crippen molar-refractivity contribution in [2.45, 2.75) is 19.1 Å². The Kier molecular flexibility index (Phi) is 4.76. The van der Waals surface area contributed by atoms with E-state index >= 15 is 0 Å². The Hall–Kier alpha value is -2.22. The van der Waals surface area contributed by atoms with Crippen molar-refractivity contribution in [2.24, 2.45) is 10.3 Å². The summed E-state index contributed by atoms with van der Waals surface area (Å²) in [5.74, 6) is 0.540. The number of benzene rings is 1.